The minimum Gasteiger partial charge on any atom is -0.496 e. The van der Waals surface area contributed by atoms with Crippen LogP contribution >= 0.6 is 0 Å². The molecule has 1 amide bonds. The SMILES string of the molecule is CCc1onc(C)c1[C@H]1CCCN1C(=O)c1ccccc1OC. The Bertz CT molecular complexity index is 708. The highest BCUT2D eigenvalue weighted by Crippen LogP contribution is 2.37. The van der Waals surface area contributed by atoms with E-state index in [2.05, 4.69) is 5.16 Å². The molecule has 1 aliphatic heterocycles. The maximum absolute atomic E-state index is 13.0. The Balaban J connectivity index is 1.95. The van der Waals surface area contributed by atoms with Gasteiger partial charge in [0.2, 0.25) is 0 Å². The summed E-state index contributed by atoms with van der Waals surface area (Å²) in [7, 11) is 1.59. The van der Waals surface area contributed by atoms with Crippen molar-refractivity contribution in [3.8, 4) is 5.75 Å². The third-order valence-corrected chi connectivity index (χ3v) is 4.49. The number of aryl methyl sites for hydroxylation is 2. The molecule has 23 heavy (non-hydrogen) atoms. The van der Waals surface area contributed by atoms with Crippen molar-refractivity contribution in [3.05, 3.63) is 46.8 Å². The van der Waals surface area contributed by atoms with E-state index in [0.29, 0.717) is 11.3 Å². The van der Waals surface area contributed by atoms with Crippen molar-refractivity contribution >= 4 is 5.91 Å². The van der Waals surface area contributed by atoms with Gasteiger partial charge < -0.3 is 14.2 Å². The van der Waals surface area contributed by atoms with E-state index < -0.39 is 0 Å². The smallest absolute Gasteiger partial charge is 0.258 e. The van der Waals surface area contributed by atoms with Crippen molar-refractivity contribution in [2.45, 2.75) is 39.2 Å². The fourth-order valence-electron chi connectivity index (χ4n) is 3.39. The molecule has 1 atom stereocenters. The third-order valence-electron chi connectivity index (χ3n) is 4.49. The summed E-state index contributed by atoms with van der Waals surface area (Å²) < 4.78 is 10.8. The van der Waals surface area contributed by atoms with E-state index in [1.54, 1.807) is 7.11 Å². The molecule has 1 saturated heterocycles. The predicted octanol–water partition coefficient (Wildman–Crippen LogP) is 3.53. The van der Waals surface area contributed by atoms with Gasteiger partial charge in [0.25, 0.3) is 5.91 Å². The minimum atomic E-state index is 0.00704. The zero-order chi connectivity index (χ0) is 16.4. The number of hydrogen-bond acceptors (Lipinski definition) is 4. The molecular formula is C18H22N2O3. The summed E-state index contributed by atoms with van der Waals surface area (Å²) >= 11 is 0. The number of nitrogens with zero attached hydrogens (tertiary/aromatic N) is 2. The van der Waals surface area contributed by atoms with Crippen LogP contribution in [0.3, 0.4) is 0 Å². The molecule has 0 spiro atoms. The summed E-state index contributed by atoms with van der Waals surface area (Å²) in [4.78, 5) is 15.0. The van der Waals surface area contributed by atoms with Crippen LogP contribution in [0.1, 0.15) is 53.2 Å². The van der Waals surface area contributed by atoms with Gasteiger partial charge in [0.05, 0.1) is 24.4 Å². The Morgan fingerprint density at radius 1 is 1.43 bits per heavy atom. The van der Waals surface area contributed by atoms with E-state index in [-0.39, 0.29) is 11.9 Å². The van der Waals surface area contributed by atoms with Gasteiger partial charge in [-0.15, -0.1) is 0 Å². The Hall–Kier alpha value is -2.30. The van der Waals surface area contributed by atoms with Gasteiger partial charge in [0.15, 0.2) is 0 Å². The van der Waals surface area contributed by atoms with E-state index in [1.807, 2.05) is 43.0 Å². The largest absolute Gasteiger partial charge is 0.496 e. The number of carbonyl (C=O) groups excluding carboxylic acids is 1. The van der Waals surface area contributed by atoms with E-state index in [4.69, 9.17) is 9.26 Å². The van der Waals surface area contributed by atoms with Crippen LogP contribution < -0.4 is 4.74 Å². The molecule has 0 radical (unpaired) electrons. The Morgan fingerprint density at radius 3 is 2.96 bits per heavy atom. The van der Waals surface area contributed by atoms with Crippen LogP contribution in [0.15, 0.2) is 28.8 Å². The summed E-state index contributed by atoms with van der Waals surface area (Å²) in [6, 6.07) is 7.41. The molecule has 1 aromatic heterocycles. The van der Waals surface area contributed by atoms with Crippen molar-refractivity contribution < 1.29 is 14.1 Å². The number of methoxy groups -OCH3 is 1. The van der Waals surface area contributed by atoms with Gasteiger partial charge in [-0.05, 0) is 31.9 Å². The number of ether oxygens (including phenoxy) is 1. The van der Waals surface area contributed by atoms with Gasteiger partial charge in [0.1, 0.15) is 11.5 Å². The van der Waals surface area contributed by atoms with Gasteiger partial charge in [-0.25, -0.2) is 0 Å². The van der Waals surface area contributed by atoms with Crippen molar-refractivity contribution in [1.29, 1.82) is 0 Å². The first kappa shape index (κ1) is 15.6. The number of rotatable bonds is 4. The molecule has 2 aromatic rings. The molecule has 1 aliphatic rings. The second-order valence-corrected chi connectivity index (χ2v) is 5.82. The Morgan fingerprint density at radius 2 is 2.22 bits per heavy atom. The topological polar surface area (TPSA) is 55.6 Å². The van der Waals surface area contributed by atoms with Crippen LogP contribution in [-0.4, -0.2) is 29.6 Å². The molecule has 5 nitrogen and oxygen atoms in total. The molecule has 0 aliphatic carbocycles. The molecular weight excluding hydrogens is 292 g/mol. The fraction of sp³-hybridized carbons (Fsp3) is 0.444. The average Bonchev–Trinajstić information content (AvgIpc) is 3.19. The first-order valence-corrected chi connectivity index (χ1v) is 8.06. The number of aromatic nitrogens is 1. The number of hydrogen-bond donors (Lipinski definition) is 0. The predicted molar refractivity (Wildman–Crippen MR) is 86.6 cm³/mol. The maximum atomic E-state index is 13.0. The van der Waals surface area contributed by atoms with Gasteiger partial charge in [-0.2, -0.15) is 0 Å². The molecule has 0 saturated carbocycles. The van der Waals surface area contributed by atoms with E-state index in [9.17, 15) is 4.79 Å². The molecule has 1 aromatic carbocycles. The van der Waals surface area contributed by atoms with Crippen molar-refractivity contribution in [2.75, 3.05) is 13.7 Å². The number of amides is 1. The zero-order valence-corrected chi connectivity index (χ0v) is 13.8. The maximum Gasteiger partial charge on any atom is 0.258 e. The van der Waals surface area contributed by atoms with Crippen LogP contribution in [0, 0.1) is 6.92 Å². The average molecular weight is 314 g/mol. The number of carbonyl (C=O) groups is 1. The molecule has 0 N–H and O–H groups in total. The molecule has 5 heteroatoms. The van der Waals surface area contributed by atoms with Crippen LogP contribution in [0.25, 0.3) is 0 Å². The fourth-order valence-corrected chi connectivity index (χ4v) is 3.39. The van der Waals surface area contributed by atoms with Gasteiger partial charge in [-0.3, -0.25) is 4.79 Å². The van der Waals surface area contributed by atoms with Gasteiger partial charge in [-0.1, -0.05) is 24.2 Å². The summed E-state index contributed by atoms with van der Waals surface area (Å²) in [5.74, 6) is 1.50. The monoisotopic (exact) mass is 314 g/mol. The first-order valence-electron chi connectivity index (χ1n) is 8.06. The number of para-hydroxylation sites is 1. The second kappa shape index (κ2) is 6.44. The lowest BCUT2D eigenvalue weighted by Crippen LogP contribution is -2.31. The lowest BCUT2D eigenvalue weighted by atomic mass is 10.0. The van der Waals surface area contributed by atoms with Crippen molar-refractivity contribution in [3.63, 3.8) is 0 Å². The molecule has 1 fully saturated rings. The van der Waals surface area contributed by atoms with Crippen LogP contribution in [0.4, 0.5) is 0 Å². The quantitative estimate of drug-likeness (QED) is 0.866. The van der Waals surface area contributed by atoms with Crippen LogP contribution in [0.2, 0.25) is 0 Å². The van der Waals surface area contributed by atoms with Crippen molar-refractivity contribution in [2.24, 2.45) is 0 Å². The van der Waals surface area contributed by atoms with E-state index in [1.165, 1.54) is 0 Å². The van der Waals surface area contributed by atoms with Crippen molar-refractivity contribution in [1.82, 2.24) is 10.1 Å². The van der Waals surface area contributed by atoms with Gasteiger partial charge >= 0.3 is 0 Å². The third kappa shape index (κ3) is 2.71. The first-order chi connectivity index (χ1) is 11.2. The van der Waals surface area contributed by atoms with Gasteiger partial charge in [0, 0.05) is 18.5 Å². The second-order valence-electron chi connectivity index (χ2n) is 5.82. The van der Waals surface area contributed by atoms with E-state index in [0.717, 1.165) is 42.8 Å². The van der Waals surface area contributed by atoms with E-state index >= 15 is 0 Å². The Kier molecular flexibility index (Phi) is 4.37. The summed E-state index contributed by atoms with van der Waals surface area (Å²) in [5.41, 5.74) is 2.56. The summed E-state index contributed by atoms with van der Waals surface area (Å²) in [6.07, 6.45) is 2.71. The lowest BCUT2D eigenvalue weighted by Gasteiger charge is -2.25. The standard InChI is InChI=1S/C18H22N2O3/c1-4-15-17(12(2)19-23-15)14-9-7-11-20(14)18(21)13-8-5-6-10-16(13)22-3/h5-6,8,10,14H,4,7,9,11H2,1-3H3/t14-/m1/s1. The molecule has 0 bridgehead atoms. The summed E-state index contributed by atoms with van der Waals surface area (Å²) in [5, 5.41) is 4.09. The Labute approximate surface area is 136 Å². The normalized spacial score (nSPS) is 17.5. The highest BCUT2D eigenvalue weighted by atomic mass is 16.5. The van der Waals surface area contributed by atoms with Crippen LogP contribution in [-0.2, 0) is 6.42 Å². The van der Waals surface area contributed by atoms with Crippen LogP contribution in [0.5, 0.6) is 5.75 Å². The molecule has 122 valence electrons. The summed E-state index contributed by atoms with van der Waals surface area (Å²) in [6.45, 7) is 4.74. The minimum absolute atomic E-state index is 0.00704. The number of benzene rings is 1. The molecule has 3 rings (SSSR count). The highest BCUT2D eigenvalue weighted by Gasteiger charge is 2.35. The molecule has 2 heterocycles. The highest BCUT2D eigenvalue weighted by molar-refractivity contribution is 5.97. The lowest BCUT2D eigenvalue weighted by molar-refractivity contribution is 0.0731. The zero-order valence-electron chi connectivity index (χ0n) is 13.8. The number of likely N-dealkylation sites (tertiary alicyclic amines) is 1. The molecule has 0 unspecified atom stereocenters.